The number of nitrogens with zero attached hydrogens (tertiary/aromatic N) is 1. The van der Waals surface area contributed by atoms with Crippen LogP contribution in [0.3, 0.4) is 0 Å². The summed E-state index contributed by atoms with van der Waals surface area (Å²) in [5.41, 5.74) is 7.14. The van der Waals surface area contributed by atoms with Gasteiger partial charge in [0.1, 0.15) is 0 Å². The number of rotatable bonds is 5. The number of hydrogen-bond donors (Lipinski definition) is 1. The van der Waals surface area contributed by atoms with Gasteiger partial charge < -0.3 is 5.73 Å². The molecule has 1 rings (SSSR count). The Balaban J connectivity index is 2.60. The predicted molar refractivity (Wildman–Crippen MR) is 75.4 cm³/mol. The van der Waals surface area contributed by atoms with Gasteiger partial charge in [-0.15, -0.1) is 0 Å². The Bertz CT molecular complexity index is 357. The van der Waals surface area contributed by atoms with Gasteiger partial charge in [0.15, 0.2) is 0 Å². The maximum atomic E-state index is 6.00. The molecule has 1 aromatic rings. The monoisotopic (exact) mass is 254 g/mol. The molecular formula is C14H23ClN2. The Morgan fingerprint density at radius 1 is 1.41 bits per heavy atom. The molecule has 0 aliphatic heterocycles. The fourth-order valence-corrected chi connectivity index (χ4v) is 1.88. The molecule has 17 heavy (non-hydrogen) atoms. The molecule has 2 N–H and O–H groups in total. The summed E-state index contributed by atoms with van der Waals surface area (Å²) in [6, 6.07) is 8.39. The third-order valence-electron chi connectivity index (χ3n) is 3.10. The van der Waals surface area contributed by atoms with E-state index >= 15 is 0 Å². The van der Waals surface area contributed by atoms with Crippen molar-refractivity contribution >= 4 is 11.6 Å². The maximum Gasteiger partial charge on any atom is 0.0409 e. The van der Waals surface area contributed by atoms with E-state index in [0.717, 1.165) is 18.0 Å². The minimum atomic E-state index is -0.109. The maximum absolute atomic E-state index is 6.00. The van der Waals surface area contributed by atoms with E-state index in [9.17, 15) is 0 Å². The molecule has 0 bridgehead atoms. The Hall–Kier alpha value is -0.570. The molecule has 1 unspecified atom stereocenters. The van der Waals surface area contributed by atoms with Crippen molar-refractivity contribution in [2.45, 2.75) is 38.8 Å². The first-order valence-corrected chi connectivity index (χ1v) is 6.42. The van der Waals surface area contributed by atoms with Gasteiger partial charge in [0.2, 0.25) is 0 Å². The molecular weight excluding hydrogens is 232 g/mol. The van der Waals surface area contributed by atoms with E-state index in [2.05, 4.69) is 38.8 Å². The summed E-state index contributed by atoms with van der Waals surface area (Å²) < 4.78 is 0. The van der Waals surface area contributed by atoms with Gasteiger partial charge in [-0.05, 0) is 51.9 Å². The van der Waals surface area contributed by atoms with Crippen LogP contribution in [0, 0.1) is 0 Å². The van der Waals surface area contributed by atoms with Crippen molar-refractivity contribution in [2.24, 2.45) is 5.73 Å². The SMILES string of the molecule is CC(c1cccc(Cl)c1)N(C)CCC(C)(C)N. The van der Waals surface area contributed by atoms with Gasteiger partial charge in [-0.3, -0.25) is 4.90 Å². The predicted octanol–water partition coefficient (Wildman–Crippen LogP) is 3.46. The van der Waals surface area contributed by atoms with E-state index in [4.69, 9.17) is 17.3 Å². The highest BCUT2D eigenvalue weighted by molar-refractivity contribution is 6.30. The third-order valence-corrected chi connectivity index (χ3v) is 3.34. The van der Waals surface area contributed by atoms with Crippen LogP contribution in [0.2, 0.25) is 5.02 Å². The number of halogens is 1. The van der Waals surface area contributed by atoms with Gasteiger partial charge in [-0.2, -0.15) is 0 Å². The van der Waals surface area contributed by atoms with Gasteiger partial charge in [0, 0.05) is 23.1 Å². The highest BCUT2D eigenvalue weighted by Gasteiger charge is 2.16. The molecule has 0 heterocycles. The van der Waals surface area contributed by atoms with E-state index in [1.165, 1.54) is 5.56 Å². The van der Waals surface area contributed by atoms with Gasteiger partial charge in [0.05, 0.1) is 0 Å². The molecule has 0 radical (unpaired) electrons. The summed E-state index contributed by atoms with van der Waals surface area (Å²) >= 11 is 6.00. The molecule has 0 saturated heterocycles. The smallest absolute Gasteiger partial charge is 0.0409 e. The Morgan fingerprint density at radius 2 is 2.06 bits per heavy atom. The molecule has 2 nitrogen and oxygen atoms in total. The van der Waals surface area contributed by atoms with Crippen LogP contribution >= 0.6 is 11.6 Å². The van der Waals surface area contributed by atoms with E-state index in [0.29, 0.717) is 6.04 Å². The topological polar surface area (TPSA) is 29.3 Å². The van der Waals surface area contributed by atoms with Crippen LogP contribution in [-0.2, 0) is 0 Å². The lowest BCUT2D eigenvalue weighted by atomic mass is 10.0. The first-order valence-electron chi connectivity index (χ1n) is 6.04. The van der Waals surface area contributed by atoms with Crippen molar-refractivity contribution in [1.82, 2.24) is 4.90 Å². The minimum Gasteiger partial charge on any atom is -0.326 e. The zero-order valence-corrected chi connectivity index (χ0v) is 12.0. The second-order valence-electron chi connectivity index (χ2n) is 5.45. The fourth-order valence-electron chi connectivity index (χ4n) is 1.68. The molecule has 0 spiro atoms. The zero-order chi connectivity index (χ0) is 13.1. The lowest BCUT2D eigenvalue weighted by Gasteiger charge is -2.28. The van der Waals surface area contributed by atoms with Crippen molar-refractivity contribution in [3.63, 3.8) is 0 Å². The average Bonchev–Trinajstić information content (AvgIpc) is 2.24. The summed E-state index contributed by atoms with van der Waals surface area (Å²) in [6.07, 6.45) is 0.981. The van der Waals surface area contributed by atoms with E-state index in [1.807, 2.05) is 18.2 Å². The summed E-state index contributed by atoms with van der Waals surface area (Å²) in [6.45, 7) is 7.29. The second kappa shape index (κ2) is 5.85. The summed E-state index contributed by atoms with van der Waals surface area (Å²) in [4.78, 5) is 2.31. The standard InChI is InChI=1S/C14H23ClN2/c1-11(12-6-5-7-13(15)10-12)17(4)9-8-14(2,3)16/h5-7,10-11H,8-9,16H2,1-4H3. The quantitative estimate of drug-likeness (QED) is 0.872. The minimum absolute atomic E-state index is 0.109. The lowest BCUT2D eigenvalue weighted by Crippen LogP contribution is -2.37. The first kappa shape index (κ1) is 14.5. The van der Waals surface area contributed by atoms with Gasteiger partial charge >= 0.3 is 0 Å². The Labute approximate surface area is 110 Å². The van der Waals surface area contributed by atoms with Crippen molar-refractivity contribution in [1.29, 1.82) is 0 Å². The molecule has 3 heteroatoms. The fraction of sp³-hybridized carbons (Fsp3) is 0.571. The Kier molecular flexibility index (Phi) is 4.99. The first-order chi connectivity index (χ1) is 7.79. The molecule has 0 aromatic heterocycles. The number of hydrogen-bond acceptors (Lipinski definition) is 2. The molecule has 0 aliphatic carbocycles. The highest BCUT2D eigenvalue weighted by atomic mass is 35.5. The molecule has 1 atom stereocenters. The second-order valence-corrected chi connectivity index (χ2v) is 5.89. The van der Waals surface area contributed by atoms with Crippen molar-refractivity contribution in [2.75, 3.05) is 13.6 Å². The van der Waals surface area contributed by atoms with Crippen LogP contribution in [0.15, 0.2) is 24.3 Å². The van der Waals surface area contributed by atoms with Gasteiger partial charge in [-0.25, -0.2) is 0 Å². The van der Waals surface area contributed by atoms with Crippen LogP contribution in [0.5, 0.6) is 0 Å². The number of benzene rings is 1. The molecule has 0 fully saturated rings. The molecule has 0 aliphatic rings. The summed E-state index contributed by atoms with van der Waals surface area (Å²) in [5, 5.41) is 0.793. The van der Waals surface area contributed by atoms with Crippen molar-refractivity contribution < 1.29 is 0 Å². The van der Waals surface area contributed by atoms with E-state index < -0.39 is 0 Å². The normalized spacial score (nSPS) is 14.1. The van der Waals surface area contributed by atoms with Crippen LogP contribution in [0.1, 0.15) is 38.8 Å². The van der Waals surface area contributed by atoms with Crippen molar-refractivity contribution in [3.8, 4) is 0 Å². The van der Waals surface area contributed by atoms with Crippen LogP contribution in [0.4, 0.5) is 0 Å². The van der Waals surface area contributed by atoms with Gasteiger partial charge in [0.25, 0.3) is 0 Å². The molecule has 0 amide bonds. The number of nitrogens with two attached hydrogens (primary N) is 1. The molecule has 96 valence electrons. The largest absolute Gasteiger partial charge is 0.326 e. The van der Waals surface area contributed by atoms with E-state index in [-0.39, 0.29) is 5.54 Å². The Morgan fingerprint density at radius 3 is 2.59 bits per heavy atom. The summed E-state index contributed by atoms with van der Waals surface area (Å²) in [7, 11) is 2.12. The molecule has 1 aromatic carbocycles. The third kappa shape index (κ3) is 5.07. The van der Waals surface area contributed by atoms with E-state index in [1.54, 1.807) is 0 Å². The summed E-state index contributed by atoms with van der Waals surface area (Å²) in [5.74, 6) is 0. The zero-order valence-electron chi connectivity index (χ0n) is 11.2. The van der Waals surface area contributed by atoms with Crippen LogP contribution < -0.4 is 5.73 Å². The average molecular weight is 255 g/mol. The van der Waals surface area contributed by atoms with Crippen molar-refractivity contribution in [3.05, 3.63) is 34.9 Å². The van der Waals surface area contributed by atoms with Crippen LogP contribution in [-0.4, -0.2) is 24.0 Å². The van der Waals surface area contributed by atoms with Crippen LogP contribution in [0.25, 0.3) is 0 Å². The van der Waals surface area contributed by atoms with Gasteiger partial charge in [-0.1, -0.05) is 23.7 Å². The lowest BCUT2D eigenvalue weighted by molar-refractivity contribution is 0.238. The highest BCUT2D eigenvalue weighted by Crippen LogP contribution is 2.22. The molecule has 0 saturated carbocycles.